The molecule has 0 bridgehead atoms. The Bertz CT molecular complexity index is 2430. The maximum Gasteiger partial charge on any atom is 0.397 e. The van der Waals surface area contributed by atoms with Gasteiger partial charge in [-0.05, 0) is 119 Å². The third-order valence-electron chi connectivity index (χ3n) is 20.9. The Balaban J connectivity index is 0.911. The molecule has 10 rings (SSSR count). The van der Waals surface area contributed by atoms with Crippen LogP contribution in [0.25, 0.3) is 0 Å². The second-order valence-corrected chi connectivity index (χ2v) is 28.0. The van der Waals surface area contributed by atoms with Gasteiger partial charge < -0.3 is 118 Å². The molecule has 0 spiro atoms. The third kappa shape index (κ3) is 12.7. The second-order valence-electron chi connectivity index (χ2n) is 26.9. The van der Waals surface area contributed by atoms with Gasteiger partial charge in [-0.25, -0.2) is 4.18 Å². The minimum atomic E-state index is -4.87. The van der Waals surface area contributed by atoms with Crippen LogP contribution in [0.1, 0.15) is 107 Å². The minimum absolute atomic E-state index is 0.0379. The molecule has 35 unspecified atom stereocenters. The van der Waals surface area contributed by atoms with E-state index in [0.717, 1.165) is 19.3 Å². The molecule has 0 amide bonds. The van der Waals surface area contributed by atoms with Gasteiger partial charge in [0.2, 0.25) is 0 Å². The smallest absolute Gasteiger partial charge is 0.394 e. The summed E-state index contributed by atoms with van der Waals surface area (Å²) in [6, 6.07) is 0. The second kappa shape index (κ2) is 25.3. The molecule has 14 N–H and O–H groups in total. The summed E-state index contributed by atoms with van der Waals surface area (Å²) in [5, 5.41) is 146. The largest absolute Gasteiger partial charge is 0.397 e. The van der Waals surface area contributed by atoms with E-state index < -0.39 is 200 Å². The standard InChI is InChI=1S/C56H92O28S/c1-20(2)15-30-48(77-30)56(8,69)33-10-9-26-25-17-29(28-16-24(84-85(70,71)72)11-13-54(28,6)27(25)12-14-55(26,33)7)78-51-44(68)45(36(60)23(5)76-51)81-52-46(82-49-42(66)39(63)34(58)21(3)74-49)38(62)32(19-73-52)80-53-47(41(65)37(61)31(18-57)79-53)83-50-43(67)40(64)35(59)22(4)75-50/h12,20-26,28-53,57-69H,9-11,13-19H2,1-8H3,(H,70,71,72). The summed E-state index contributed by atoms with van der Waals surface area (Å²) >= 11 is 0. The first-order chi connectivity index (χ1) is 39.8. The molecule has 35 atom stereocenters. The lowest BCUT2D eigenvalue weighted by Gasteiger charge is -2.60. The van der Waals surface area contributed by atoms with Gasteiger partial charge in [0.15, 0.2) is 31.5 Å². The number of epoxide rings is 1. The third-order valence-corrected chi connectivity index (χ3v) is 21.4. The first-order valence-corrected chi connectivity index (χ1v) is 31.5. The van der Waals surface area contributed by atoms with E-state index in [-0.39, 0.29) is 48.2 Å². The van der Waals surface area contributed by atoms with Crippen LogP contribution >= 0.6 is 0 Å². The van der Waals surface area contributed by atoms with Crippen LogP contribution in [0.15, 0.2) is 11.6 Å². The monoisotopic (exact) mass is 1240 g/mol. The van der Waals surface area contributed by atoms with Gasteiger partial charge in [-0.15, -0.1) is 0 Å². The van der Waals surface area contributed by atoms with Gasteiger partial charge in [-0.1, -0.05) is 39.3 Å². The Morgan fingerprint density at radius 1 is 0.612 bits per heavy atom. The van der Waals surface area contributed by atoms with Gasteiger partial charge in [0.05, 0.1) is 55.4 Å². The zero-order chi connectivity index (χ0) is 61.9. The SMILES string of the molecule is CC(C)CC1OC1C(C)(O)C1CCC2C3CC(OC4OC(C)C(O)C(OC5OCC(OC6OC(CO)C(O)C(O)C6OC6OC(C)C(O)C(O)C6O)C(O)C5OC5OC(C)C(O)C(O)C5O)C4O)C4CC(OS(=O)(=O)O)CCC4(C)C3=CCC21C. The molecule has 10 aliphatic rings. The van der Waals surface area contributed by atoms with Crippen LogP contribution in [0, 0.1) is 40.4 Å². The highest BCUT2D eigenvalue weighted by molar-refractivity contribution is 7.80. The predicted octanol–water partition coefficient (Wildman–Crippen LogP) is -2.87. The average Bonchev–Trinajstić information content (AvgIpc) is 1.72. The van der Waals surface area contributed by atoms with E-state index in [1.807, 2.05) is 6.92 Å². The zero-order valence-corrected chi connectivity index (χ0v) is 49.9. The van der Waals surface area contributed by atoms with E-state index in [0.29, 0.717) is 25.2 Å². The number of fused-ring (bicyclic) bond motifs is 5. The topological polar surface area (TPSA) is 431 Å². The van der Waals surface area contributed by atoms with Crippen molar-refractivity contribution in [2.24, 2.45) is 40.4 Å². The highest BCUT2D eigenvalue weighted by Crippen LogP contribution is 2.68. The van der Waals surface area contributed by atoms with Crippen LogP contribution in [-0.4, -0.2) is 270 Å². The Hall–Kier alpha value is -1.35. The lowest BCUT2D eigenvalue weighted by molar-refractivity contribution is -0.398. The molecular formula is C56H92O28S. The molecule has 28 nitrogen and oxygen atoms in total. The first kappa shape index (κ1) is 66.6. The number of aliphatic hydroxyl groups is 13. The summed E-state index contributed by atoms with van der Waals surface area (Å²) in [4.78, 5) is 0. The van der Waals surface area contributed by atoms with E-state index in [1.54, 1.807) is 0 Å². The van der Waals surface area contributed by atoms with E-state index in [2.05, 4.69) is 33.8 Å². The molecule has 0 aromatic rings. The van der Waals surface area contributed by atoms with Gasteiger partial charge in [0.25, 0.3) is 0 Å². The lowest BCUT2D eigenvalue weighted by Crippen LogP contribution is -2.67. The number of allylic oxidation sites excluding steroid dienone is 2. The molecular weight excluding hydrogens is 1150 g/mol. The lowest BCUT2D eigenvalue weighted by atomic mass is 9.47. The van der Waals surface area contributed by atoms with Crippen LogP contribution in [0.3, 0.4) is 0 Å². The number of hydrogen-bond acceptors (Lipinski definition) is 27. The molecule has 0 radical (unpaired) electrons. The van der Waals surface area contributed by atoms with Crippen molar-refractivity contribution in [3.8, 4) is 0 Å². The van der Waals surface area contributed by atoms with Crippen LogP contribution in [0.5, 0.6) is 0 Å². The van der Waals surface area contributed by atoms with Gasteiger partial charge in [-0.3, -0.25) is 4.55 Å². The molecule has 0 aromatic carbocycles. The summed E-state index contributed by atoms with van der Waals surface area (Å²) in [5.41, 5.74) is -0.895. The number of ether oxygens (including phenoxy) is 11. The van der Waals surface area contributed by atoms with Crippen LogP contribution in [0.4, 0.5) is 0 Å². The van der Waals surface area contributed by atoms with Crippen LogP contribution in [0.2, 0.25) is 0 Å². The Morgan fingerprint density at radius 3 is 1.76 bits per heavy atom. The number of hydrogen-bond donors (Lipinski definition) is 14. The van der Waals surface area contributed by atoms with Crippen molar-refractivity contribution in [2.75, 3.05) is 13.2 Å². The Morgan fingerprint density at radius 2 is 1.18 bits per heavy atom. The molecule has 0 aromatic heterocycles. The Labute approximate surface area is 494 Å². The van der Waals surface area contributed by atoms with E-state index in [1.165, 1.54) is 26.3 Å². The van der Waals surface area contributed by atoms with E-state index >= 15 is 0 Å². The predicted molar refractivity (Wildman–Crippen MR) is 285 cm³/mol. The number of rotatable bonds is 17. The molecule has 4 aliphatic carbocycles. The first-order valence-electron chi connectivity index (χ1n) is 30.1. The normalized spacial score (nSPS) is 53.7. The highest BCUT2D eigenvalue weighted by atomic mass is 32.3. The van der Waals surface area contributed by atoms with Crippen LogP contribution in [-0.2, 0) is 66.7 Å². The van der Waals surface area contributed by atoms with Crippen molar-refractivity contribution in [2.45, 2.75) is 284 Å². The minimum Gasteiger partial charge on any atom is -0.394 e. The van der Waals surface area contributed by atoms with Crippen molar-refractivity contribution in [1.29, 1.82) is 0 Å². The molecule has 6 aliphatic heterocycles. The average molecular weight is 1250 g/mol. The molecule has 6 heterocycles. The van der Waals surface area contributed by atoms with Gasteiger partial charge in [0.1, 0.15) is 104 Å². The maximum absolute atomic E-state index is 12.4. The summed E-state index contributed by atoms with van der Waals surface area (Å²) in [5.74, 6) is -0.228. The van der Waals surface area contributed by atoms with Crippen molar-refractivity contribution in [3.63, 3.8) is 0 Å². The molecule has 9 fully saturated rings. The summed E-state index contributed by atoms with van der Waals surface area (Å²) in [6.45, 7) is 13.2. The number of aliphatic hydroxyl groups excluding tert-OH is 12. The fraction of sp³-hybridized carbons (Fsp3) is 0.964. The quantitative estimate of drug-likeness (QED) is 0.0395. The summed E-state index contributed by atoms with van der Waals surface area (Å²) in [7, 11) is -4.87. The molecule has 29 heteroatoms. The van der Waals surface area contributed by atoms with Crippen LogP contribution < -0.4 is 0 Å². The molecule has 3 saturated carbocycles. The van der Waals surface area contributed by atoms with Crippen molar-refractivity contribution in [3.05, 3.63) is 11.6 Å². The van der Waals surface area contributed by atoms with E-state index in [4.69, 9.17) is 56.3 Å². The summed E-state index contributed by atoms with van der Waals surface area (Å²) < 4.78 is 107. The van der Waals surface area contributed by atoms with Gasteiger partial charge in [0, 0.05) is 0 Å². The van der Waals surface area contributed by atoms with Gasteiger partial charge >= 0.3 is 10.4 Å². The fourth-order valence-corrected chi connectivity index (χ4v) is 16.7. The van der Waals surface area contributed by atoms with Crippen molar-refractivity contribution in [1.82, 2.24) is 0 Å². The molecule has 85 heavy (non-hydrogen) atoms. The summed E-state index contributed by atoms with van der Waals surface area (Å²) in [6.07, 6.45) is -36.2. The van der Waals surface area contributed by atoms with Crippen molar-refractivity contribution >= 4 is 10.4 Å². The van der Waals surface area contributed by atoms with Crippen molar-refractivity contribution < 1.29 is 136 Å². The molecule has 6 saturated heterocycles. The fourth-order valence-electron chi connectivity index (χ4n) is 16.2. The molecule has 490 valence electrons. The zero-order valence-electron chi connectivity index (χ0n) is 49.1. The highest BCUT2D eigenvalue weighted by Gasteiger charge is 2.67. The van der Waals surface area contributed by atoms with E-state index in [9.17, 15) is 79.4 Å². The maximum atomic E-state index is 12.4. The van der Waals surface area contributed by atoms with Gasteiger partial charge in [-0.2, -0.15) is 8.42 Å². The Kier molecular flexibility index (Phi) is 19.8.